The largest absolute Gasteiger partial charge is 0.490 e. The van der Waals surface area contributed by atoms with E-state index in [4.69, 9.17) is 20.3 Å². The maximum Gasteiger partial charge on any atom is 0.341 e. The highest BCUT2D eigenvalue weighted by molar-refractivity contribution is 5.69. The molecule has 98 valence electrons. The van der Waals surface area contributed by atoms with Crippen molar-refractivity contribution in [1.29, 1.82) is 0 Å². The Morgan fingerprint density at radius 2 is 2.22 bits per heavy atom. The number of hydrogen-bond donors (Lipinski definition) is 2. The molecule has 1 aromatic carbocycles. The predicted octanol–water partition coefficient (Wildman–Crippen LogP) is 1.52. The van der Waals surface area contributed by atoms with Gasteiger partial charge in [-0.15, -0.1) is 0 Å². The molecule has 0 atom stereocenters. The smallest absolute Gasteiger partial charge is 0.341 e. The van der Waals surface area contributed by atoms with Gasteiger partial charge in [0.25, 0.3) is 0 Å². The summed E-state index contributed by atoms with van der Waals surface area (Å²) in [6.45, 7) is 2.32. The normalized spacial score (nSPS) is 10.6. The zero-order valence-electron chi connectivity index (χ0n) is 10.3. The lowest BCUT2D eigenvalue weighted by molar-refractivity contribution is -0.139. The van der Waals surface area contributed by atoms with Gasteiger partial charge >= 0.3 is 5.97 Å². The van der Waals surface area contributed by atoms with Gasteiger partial charge in [-0.1, -0.05) is 24.3 Å². The van der Waals surface area contributed by atoms with Crippen molar-refractivity contribution in [2.24, 2.45) is 5.73 Å². The number of carboxylic acid groups (broad SMARTS) is 1. The summed E-state index contributed by atoms with van der Waals surface area (Å²) in [6.07, 6.45) is 3.54. The third kappa shape index (κ3) is 4.10. The molecule has 0 unspecified atom stereocenters. The van der Waals surface area contributed by atoms with E-state index in [9.17, 15) is 4.79 Å². The number of para-hydroxylation sites is 1. The van der Waals surface area contributed by atoms with Crippen molar-refractivity contribution < 1.29 is 19.4 Å². The van der Waals surface area contributed by atoms with Crippen molar-refractivity contribution in [2.45, 2.75) is 6.92 Å². The lowest BCUT2D eigenvalue weighted by Crippen LogP contribution is -2.11. The maximum atomic E-state index is 10.6. The van der Waals surface area contributed by atoms with E-state index in [0.29, 0.717) is 24.7 Å². The molecule has 18 heavy (non-hydrogen) atoms. The number of hydrogen-bond acceptors (Lipinski definition) is 4. The molecule has 5 heteroatoms. The minimum atomic E-state index is -1.03. The zero-order chi connectivity index (χ0) is 13.4. The van der Waals surface area contributed by atoms with Gasteiger partial charge in [-0.2, -0.15) is 0 Å². The van der Waals surface area contributed by atoms with Gasteiger partial charge in [0.15, 0.2) is 18.1 Å². The summed E-state index contributed by atoms with van der Waals surface area (Å²) >= 11 is 0. The molecule has 1 aromatic rings. The Bertz CT molecular complexity index is 429. The monoisotopic (exact) mass is 251 g/mol. The molecule has 0 heterocycles. The minimum absolute atomic E-state index is 0.400. The molecule has 0 bridgehead atoms. The van der Waals surface area contributed by atoms with Crippen molar-refractivity contribution >= 4 is 12.0 Å². The molecule has 0 fully saturated rings. The molecule has 5 nitrogen and oxygen atoms in total. The third-order valence-electron chi connectivity index (χ3n) is 2.08. The Balaban J connectivity index is 3.03. The first-order valence-corrected chi connectivity index (χ1v) is 5.66. The average Bonchev–Trinajstić information content (AvgIpc) is 2.35. The Hall–Kier alpha value is -2.01. The molecule has 0 radical (unpaired) electrons. The number of nitrogens with two attached hydrogens (primary N) is 1. The fourth-order valence-corrected chi connectivity index (χ4v) is 1.42. The van der Waals surface area contributed by atoms with E-state index in [1.54, 1.807) is 18.2 Å². The lowest BCUT2D eigenvalue weighted by Gasteiger charge is -2.13. The number of ether oxygens (including phenoxy) is 2. The van der Waals surface area contributed by atoms with Crippen LogP contribution in [-0.4, -0.2) is 30.8 Å². The summed E-state index contributed by atoms with van der Waals surface area (Å²) in [7, 11) is 0. The van der Waals surface area contributed by atoms with Crippen LogP contribution in [0, 0.1) is 0 Å². The highest BCUT2D eigenvalue weighted by Crippen LogP contribution is 2.32. The molecule has 0 aliphatic rings. The predicted molar refractivity (Wildman–Crippen MR) is 68.8 cm³/mol. The lowest BCUT2D eigenvalue weighted by atomic mass is 10.1. The first-order valence-electron chi connectivity index (χ1n) is 5.66. The molecular formula is C13H17NO4. The van der Waals surface area contributed by atoms with Crippen molar-refractivity contribution in [3.63, 3.8) is 0 Å². The van der Waals surface area contributed by atoms with Gasteiger partial charge in [0.05, 0.1) is 6.61 Å². The molecule has 0 saturated heterocycles. The first-order chi connectivity index (χ1) is 8.69. The van der Waals surface area contributed by atoms with Crippen molar-refractivity contribution in [2.75, 3.05) is 19.8 Å². The Kier molecular flexibility index (Phi) is 5.73. The van der Waals surface area contributed by atoms with Gasteiger partial charge in [0, 0.05) is 12.1 Å². The quantitative estimate of drug-likeness (QED) is 0.767. The summed E-state index contributed by atoms with van der Waals surface area (Å²) in [6, 6.07) is 5.36. The van der Waals surface area contributed by atoms with Crippen LogP contribution in [0.25, 0.3) is 6.08 Å². The van der Waals surface area contributed by atoms with Gasteiger partial charge < -0.3 is 20.3 Å². The summed E-state index contributed by atoms with van der Waals surface area (Å²) < 4.78 is 10.7. The fourth-order valence-electron chi connectivity index (χ4n) is 1.42. The maximum absolute atomic E-state index is 10.6. The molecule has 0 saturated carbocycles. The van der Waals surface area contributed by atoms with Gasteiger partial charge in [-0.05, 0) is 13.0 Å². The van der Waals surface area contributed by atoms with Gasteiger partial charge in [-0.3, -0.25) is 0 Å². The Morgan fingerprint density at radius 1 is 1.44 bits per heavy atom. The van der Waals surface area contributed by atoms with Crippen LogP contribution in [0.15, 0.2) is 24.3 Å². The zero-order valence-corrected chi connectivity index (χ0v) is 10.3. The SMILES string of the molecule is CCOc1cccc(C=CCN)c1OCC(=O)O. The van der Waals surface area contributed by atoms with E-state index in [1.165, 1.54) is 0 Å². The van der Waals surface area contributed by atoms with E-state index in [0.717, 1.165) is 5.56 Å². The molecule has 0 spiro atoms. The van der Waals surface area contributed by atoms with Crippen LogP contribution in [0.3, 0.4) is 0 Å². The molecule has 3 N–H and O–H groups in total. The highest BCUT2D eigenvalue weighted by Gasteiger charge is 2.10. The molecular weight excluding hydrogens is 234 g/mol. The fraction of sp³-hybridized carbons (Fsp3) is 0.308. The minimum Gasteiger partial charge on any atom is -0.490 e. The highest BCUT2D eigenvalue weighted by atomic mass is 16.5. The molecule has 1 rings (SSSR count). The van der Waals surface area contributed by atoms with Crippen LogP contribution in [-0.2, 0) is 4.79 Å². The first kappa shape index (κ1) is 14.1. The molecule has 0 aromatic heterocycles. The topological polar surface area (TPSA) is 81.8 Å². The van der Waals surface area contributed by atoms with Gasteiger partial charge in [0.2, 0.25) is 0 Å². The number of carbonyl (C=O) groups is 1. The molecule has 0 aliphatic heterocycles. The van der Waals surface area contributed by atoms with Crippen molar-refractivity contribution in [3.8, 4) is 11.5 Å². The number of rotatable bonds is 7. The van der Waals surface area contributed by atoms with E-state index < -0.39 is 12.6 Å². The van der Waals surface area contributed by atoms with Crippen LogP contribution in [0.1, 0.15) is 12.5 Å². The second-order valence-corrected chi connectivity index (χ2v) is 3.43. The van der Waals surface area contributed by atoms with E-state index >= 15 is 0 Å². The van der Waals surface area contributed by atoms with Crippen LogP contribution in [0.4, 0.5) is 0 Å². The van der Waals surface area contributed by atoms with Crippen LogP contribution in [0.5, 0.6) is 11.5 Å². The summed E-state index contributed by atoms with van der Waals surface area (Å²) in [5, 5.41) is 8.66. The average molecular weight is 251 g/mol. The molecule has 0 amide bonds. The summed E-state index contributed by atoms with van der Waals surface area (Å²) in [5.41, 5.74) is 6.14. The second-order valence-electron chi connectivity index (χ2n) is 3.43. The summed E-state index contributed by atoms with van der Waals surface area (Å²) in [5.74, 6) is -0.0839. The number of aliphatic carboxylic acids is 1. The van der Waals surface area contributed by atoms with Gasteiger partial charge in [0.1, 0.15) is 0 Å². The Labute approximate surface area is 106 Å². The second kappa shape index (κ2) is 7.34. The van der Waals surface area contributed by atoms with E-state index in [2.05, 4.69) is 0 Å². The van der Waals surface area contributed by atoms with E-state index in [-0.39, 0.29) is 0 Å². The third-order valence-corrected chi connectivity index (χ3v) is 2.08. The van der Waals surface area contributed by atoms with Gasteiger partial charge in [-0.25, -0.2) is 4.79 Å². The summed E-state index contributed by atoms with van der Waals surface area (Å²) in [4.78, 5) is 10.6. The van der Waals surface area contributed by atoms with Crippen LogP contribution in [0.2, 0.25) is 0 Å². The Morgan fingerprint density at radius 3 is 2.83 bits per heavy atom. The number of carboxylic acids is 1. The van der Waals surface area contributed by atoms with Crippen LogP contribution >= 0.6 is 0 Å². The molecule has 0 aliphatic carbocycles. The standard InChI is InChI=1S/C13H17NO4/c1-2-17-11-7-3-5-10(6-4-8-14)13(11)18-9-12(15)16/h3-7H,2,8-9,14H2,1H3,(H,15,16). The van der Waals surface area contributed by atoms with Crippen molar-refractivity contribution in [1.82, 2.24) is 0 Å². The van der Waals surface area contributed by atoms with Crippen molar-refractivity contribution in [3.05, 3.63) is 29.8 Å². The van der Waals surface area contributed by atoms with E-state index in [1.807, 2.05) is 19.1 Å². The number of benzene rings is 1. The van der Waals surface area contributed by atoms with Crippen LogP contribution < -0.4 is 15.2 Å².